The van der Waals surface area contributed by atoms with Gasteiger partial charge in [0.2, 0.25) is 0 Å². The first-order chi connectivity index (χ1) is 8.02. The maximum absolute atomic E-state index is 13.0. The summed E-state index contributed by atoms with van der Waals surface area (Å²) in [6.07, 6.45) is 0.765. The van der Waals surface area contributed by atoms with Gasteiger partial charge in [0, 0.05) is 18.7 Å². The van der Waals surface area contributed by atoms with Crippen molar-refractivity contribution in [2.75, 3.05) is 6.54 Å². The Morgan fingerprint density at radius 2 is 1.94 bits per heavy atom. The smallest absolute Gasteiger partial charge is 0.162 e. The molecule has 0 heterocycles. The molecule has 0 amide bonds. The summed E-state index contributed by atoms with van der Waals surface area (Å²) in [5.41, 5.74) is 0. The van der Waals surface area contributed by atoms with Gasteiger partial charge in [-0.2, -0.15) is 0 Å². The van der Waals surface area contributed by atoms with Crippen molar-refractivity contribution in [2.45, 2.75) is 39.3 Å². The van der Waals surface area contributed by atoms with E-state index in [1.807, 2.05) is 20.8 Å². The lowest BCUT2D eigenvalue weighted by Crippen LogP contribution is -2.34. The van der Waals surface area contributed by atoms with Gasteiger partial charge in [0.1, 0.15) is 11.9 Å². The van der Waals surface area contributed by atoms with Crippen LogP contribution in [0, 0.1) is 11.6 Å². The van der Waals surface area contributed by atoms with E-state index in [-0.39, 0.29) is 6.10 Å². The lowest BCUT2D eigenvalue weighted by atomic mass is 10.2. The predicted octanol–water partition coefficient (Wildman–Crippen LogP) is 3.12. The third-order valence-electron chi connectivity index (χ3n) is 2.40. The molecule has 0 spiro atoms. The number of ether oxygens (including phenoxy) is 1. The molecule has 17 heavy (non-hydrogen) atoms. The van der Waals surface area contributed by atoms with Gasteiger partial charge in [-0.3, -0.25) is 0 Å². The van der Waals surface area contributed by atoms with Gasteiger partial charge in [0.15, 0.2) is 11.6 Å². The Labute approximate surface area is 101 Å². The van der Waals surface area contributed by atoms with E-state index >= 15 is 0 Å². The zero-order chi connectivity index (χ0) is 12.8. The molecular formula is C13H19F2NO. The van der Waals surface area contributed by atoms with Crippen LogP contribution in [-0.2, 0) is 0 Å². The maximum Gasteiger partial charge on any atom is 0.162 e. The van der Waals surface area contributed by atoms with Gasteiger partial charge in [-0.15, -0.1) is 0 Å². The molecular weight excluding hydrogens is 224 g/mol. The third-order valence-corrected chi connectivity index (χ3v) is 2.40. The van der Waals surface area contributed by atoms with Gasteiger partial charge in [-0.25, -0.2) is 8.78 Å². The highest BCUT2D eigenvalue weighted by Crippen LogP contribution is 2.17. The summed E-state index contributed by atoms with van der Waals surface area (Å²) >= 11 is 0. The van der Waals surface area contributed by atoms with Crippen LogP contribution in [0.15, 0.2) is 18.2 Å². The molecule has 0 aliphatic heterocycles. The van der Waals surface area contributed by atoms with Crippen LogP contribution in [0.3, 0.4) is 0 Å². The van der Waals surface area contributed by atoms with Gasteiger partial charge in [0.05, 0.1) is 0 Å². The Morgan fingerprint density at radius 3 is 2.47 bits per heavy atom. The number of nitrogens with one attached hydrogen (secondary N) is 1. The van der Waals surface area contributed by atoms with Crippen molar-refractivity contribution in [1.82, 2.24) is 5.32 Å². The Kier molecular flexibility index (Phi) is 5.35. The maximum atomic E-state index is 13.0. The zero-order valence-electron chi connectivity index (χ0n) is 10.5. The first-order valence-corrected chi connectivity index (χ1v) is 5.88. The molecule has 0 radical (unpaired) electrons. The fourth-order valence-corrected chi connectivity index (χ4v) is 1.38. The quantitative estimate of drug-likeness (QED) is 0.828. The summed E-state index contributed by atoms with van der Waals surface area (Å²) in [6, 6.07) is 3.97. The topological polar surface area (TPSA) is 21.3 Å². The van der Waals surface area contributed by atoms with Gasteiger partial charge < -0.3 is 10.1 Å². The Bertz CT molecular complexity index is 355. The van der Waals surface area contributed by atoms with E-state index in [0.29, 0.717) is 18.3 Å². The van der Waals surface area contributed by atoms with E-state index in [1.54, 1.807) is 0 Å². The second kappa shape index (κ2) is 6.55. The molecule has 0 saturated carbocycles. The average Bonchev–Trinajstić information content (AvgIpc) is 2.28. The molecule has 96 valence electrons. The lowest BCUT2D eigenvalue weighted by Gasteiger charge is -2.19. The van der Waals surface area contributed by atoms with Crippen LogP contribution < -0.4 is 10.1 Å². The summed E-state index contributed by atoms with van der Waals surface area (Å²) in [7, 11) is 0. The van der Waals surface area contributed by atoms with Crippen LogP contribution in [0.5, 0.6) is 5.75 Å². The largest absolute Gasteiger partial charge is 0.489 e. The Balaban J connectivity index is 2.57. The fraction of sp³-hybridized carbons (Fsp3) is 0.538. The molecule has 1 atom stereocenters. The van der Waals surface area contributed by atoms with Crippen LogP contribution in [-0.4, -0.2) is 18.7 Å². The molecule has 1 N–H and O–H groups in total. The van der Waals surface area contributed by atoms with Crippen molar-refractivity contribution in [1.29, 1.82) is 0 Å². The molecule has 2 nitrogen and oxygen atoms in total. The van der Waals surface area contributed by atoms with Gasteiger partial charge in [0.25, 0.3) is 0 Å². The van der Waals surface area contributed by atoms with E-state index < -0.39 is 11.6 Å². The summed E-state index contributed by atoms with van der Waals surface area (Å²) in [6.45, 7) is 6.77. The summed E-state index contributed by atoms with van der Waals surface area (Å²) in [5.74, 6) is -1.37. The van der Waals surface area contributed by atoms with Gasteiger partial charge in [-0.1, -0.05) is 20.8 Å². The molecule has 1 aromatic carbocycles. The molecule has 4 heteroatoms. The van der Waals surface area contributed by atoms with Gasteiger partial charge in [-0.05, 0) is 18.6 Å². The van der Waals surface area contributed by atoms with Crippen molar-refractivity contribution in [3.05, 3.63) is 29.8 Å². The zero-order valence-corrected chi connectivity index (χ0v) is 10.5. The highest BCUT2D eigenvalue weighted by molar-refractivity contribution is 5.23. The number of hydrogen-bond donors (Lipinski definition) is 1. The SMILES string of the molecule is CCC(CNC(C)C)Oc1ccc(F)c(F)c1. The van der Waals surface area contributed by atoms with Crippen LogP contribution in [0.25, 0.3) is 0 Å². The molecule has 0 aromatic heterocycles. The van der Waals surface area contributed by atoms with Crippen molar-refractivity contribution in [2.24, 2.45) is 0 Å². The van der Waals surface area contributed by atoms with Gasteiger partial charge >= 0.3 is 0 Å². The van der Waals surface area contributed by atoms with Crippen molar-refractivity contribution in [3.63, 3.8) is 0 Å². The molecule has 0 bridgehead atoms. The lowest BCUT2D eigenvalue weighted by molar-refractivity contribution is 0.189. The van der Waals surface area contributed by atoms with E-state index in [9.17, 15) is 8.78 Å². The molecule has 0 aliphatic carbocycles. The molecule has 1 unspecified atom stereocenters. The highest BCUT2D eigenvalue weighted by atomic mass is 19.2. The minimum Gasteiger partial charge on any atom is -0.489 e. The molecule has 0 fully saturated rings. The molecule has 1 rings (SSSR count). The van der Waals surface area contributed by atoms with E-state index in [1.165, 1.54) is 6.07 Å². The highest BCUT2D eigenvalue weighted by Gasteiger charge is 2.10. The summed E-state index contributed by atoms with van der Waals surface area (Å²) in [4.78, 5) is 0. The molecule has 0 aliphatic rings. The van der Waals surface area contributed by atoms with E-state index in [0.717, 1.165) is 18.6 Å². The van der Waals surface area contributed by atoms with E-state index in [2.05, 4.69) is 5.32 Å². The normalized spacial score (nSPS) is 12.8. The number of rotatable bonds is 6. The van der Waals surface area contributed by atoms with E-state index in [4.69, 9.17) is 4.74 Å². The standard InChI is InChI=1S/C13H19F2NO/c1-4-10(8-16-9(2)3)17-11-5-6-12(14)13(15)7-11/h5-7,9-10,16H,4,8H2,1-3H3. The van der Waals surface area contributed by atoms with Crippen LogP contribution in [0.4, 0.5) is 8.78 Å². The number of benzene rings is 1. The van der Waals surface area contributed by atoms with Crippen LogP contribution in [0.2, 0.25) is 0 Å². The van der Waals surface area contributed by atoms with Crippen LogP contribution in [0.1, 0.15) is 27.2 Å². The Hall–Kier alpha value is -1.16. The monoisotopic (exact) mass is 243 g/mol. The summed E-state index contributed by atoms with van der Waals surface area (Å²) < 4.78 is 31.3. The minimum absolute atomic E-state index is 0.0396. The second-order valence-electron chi connectivity index (χ2n) is 4.29. The minimum atomic E-state index is -0.880. The number of halogens is 2. The predicted molar refractivity (Wildman–Crippen MR) is 64.2 cm³/mol. The van der Waals surface area contributed by atoms with Crippen molar-refractivity contribution in [3.8, 4) is 5.75 Å². The number of hydrogen-bond acceptors (Lipinski definition) is 2. The fourth-order valence-electron chi connectivity index (χ4n) is 1.38. The van der Waals surface area contributed by atoms with Crippen molar-refractivity contribution >= 4 is 0 Å². The first-order valence-electron chi connectivity index (χ1n) is 5.88. The summed E-state index contributed by atoms with van der Waals surface area (Å²) in [5, 5.41) is 3.25. The second-order valence-corrected chi connectivity index (χ2v) is 4.29. The van der Waals surface area contributed by atoms with Crippen molar-refractivity contribution < 1.29 is 13.5 Å². The first kappa shape index (κ1) is 13.9. The molecule has 1 aromatic rings. The average molecular weight is 243 g/mol. The third kappa shape index (κ3) is 4.69. The molecule has 0 saturated heterocycles. The Morgan fingerprint density at radius 1 is 1.24 bits per heavy atom. The van der Waals surface area contributed by atoms with Crippen LogP contribution >= 0.6 is 0 Å².